The van der Waals surface area contributed by atoms with Gasteiger partial charge in [-0.3, -0.25) is 14.8 Å². The standard InChI is InChI=1S/C43H35N5O2.C35H26N4O2.C9H13NO/c1-29-12-11-13-31(24-29)39(28-49)46-42(50)38-25-32-26-40-36(27-37(32)45-38)41(30-20-22-44-23-21-30)47-48(40)43(33-14-5-2-6-15-33,34-16-7-3-8-17-34)35-18-9-4-10-19-35;1-41-34(40)31-21-25-22-32-29(23-30(25)37-31)33(24-17-19-36-20-18-24)38-39(32)35(26-11-5-2-6-12-26,27-13-7-3-8-14-27)28-15-9-4-10-16-28;1-7-3-2-4-8(5-7)9(10)6-11/h2-24,26-27,39,49H,25,28H2,1H3,(H,46,50);2-20,22-23H,21H2,1H3;2-5,9,11H,6,10H2,1H3/t39-;;9-/m1.1/s1. The zero-order chi connectivity index (χ0) is 70.2. The van der Waals surface area contributed by atoms with E-state index in [2.05, 4.69) is 193 Å². The third-order valence-electron chi connectivity index (χ3n) is 19.0. The number of ether oxygens (including phenoxy) is 1. The zero-order valence-electron chi connectivity index (χ0n) is 56.6. The quantitative estimate of drug-likeness (QED) is 0.0501. The van der Waals surface area contributed by atoms with E-state index in [1.807, 2.05) is 129 Å². The number of aliphatic hydroxyl groups is 2. The number of methoxy groups -OCH3 is 1. The Bertz CT molecular complexity index is 5150. The summed E-state index contributed by atoms with van der Waals surface area (Å²) in [6, 6.07) is 94.1. The van der Waals surface area contributed by atoms with Gasteiger partial charge in [-0.1, -0.05) is 242 Å². The van der Waals surface area contributed by atoms with Crippen molar-refractivity contribution in [2.45, 2.75) is 49.9 Å². The molecular weight excluding hydrogens is 1270 g/mol. The summed E-state index contributed by atoms with van der Waals surface area (Å²) in [5.74, 6) is -0.706. The molecule has 16 rings (SSSR count). The van der Waals surface area contributed by atoms with Gasteiger partial charge in [0.1, 0.15) is 33.9 Å². The fourth-order valence-electron chi connectivity index (χ4n) is 14.1. The first kappa shape index (κ1) is 66.8. The van der Waals surface area contributed by atoms with Crippen molar-refractivity contribution in [1.82, 2.24) is 34.8 Å². The summed E-state index contributed by atoms with van der Waals surface area (Å²) in [6.07, 6.45) is 7.87. The molecule has 102 heavy (non-hydrogen) atoms. The fourth-order valence-corrected chi connectivity index (χ4v) is 14.1. The predicted molar refractivity (Wildman–Crippen MR) is 403 cm³/mol. The van der Waals surface area contributed by atoms with E-state index in [4.69, 9.17) is 30.8 Å². The molecule has 1 amide bonds. The number of rotatable bonds is 17. The summed E-state index contributed by atoms with van der Waals surface area (Å²) >= 11 is 0. The lowest BCUT2D eigenvalue weighted by Gasteiger charge is -2.37. The van der Waals surface area contributed by atoms with Crippen LogP contribution in [-0.4, -0.2) is 83.4 Å². The molecule has 0 unspecified atom stereocenters. The van der Waals surface area contributed by atoms with Crippen molar-refractivity contribution in [2.24, 2.45) is 15.7 Å². The van der Waals surface area contributed by atoms with Crippen LogP contribution in [0.5, 0.6) is 0 Å². The van der Waals surface area contributed by atoms with Gasteiger partial charge in [-0.2, -0.15) is 10.2 Å². The molecule has 0 fully saturated rings. The van der Waals surface area contributed by atoms with Gasteiger partial charge in [-0.25, -0.2) is 24.1 Å². The van der Waals surface area contributed by atoms with Crippen LogP contribution in [0.15, 0.2) is 314 Å². The molecule has 5 N–H and O–H groups in total. The molecule has 502 valence electrons. The highest BCUT2D eigenvalue weighted by Crippen LogP contribution is 2.48. The van der Waals surface area contributed by atoms with Crippen molar-refractivity contribution in [3.63, 3.8) is 0 Å². The number of aromatic nitrogens is 6. The van der Waals surface area contributed by atoms with Crippen LogP contribution in [0.4, 0.5) is 11.4 Å². The first-order chi connectivity index (χ1) is 50.0. The van der Waals surface area contributed by atoms with E-state index in [0.29, 0.717) is 24.3 Å². The molecule has 0 saturated heterocycles. The summed E-state index contributed by atoms with van der Waals surface area (Å²) < 4.78 is 9.29. The Kier molecular flexibility index (Phi) is 19.4. The second-order valence-electron chi connectivity index (χ2n) is 25.4. The van der Waals surface area contributed by atoms with Crippen molar-refractivity contribution in [2.75, 3.05) is 20.3 Å². The smallest absolute Gasteiger partial charge is 0.352 e. The molecule has 14 aromatic rings. The van der Waals surface area contributed by atoms with Gasteiger partial charge in [0, 0.05) is 59.5 Å². The van der Waals surface area contributed by atoms with E-state index in [-0.39, 0.29) is 25.2 Å². The number of benzene rings is 10. The number of carbonyl (C=O) groups excluding carboxylic acids is 2. The maximum atomic E-state index is 13.7. The minimum absolute atomic E-state index is 0.00343. The molecule has 4 aromatic heterocycles. The number of nitrogens with zero attached hydrogens (tertiary/aromatic N) is 8. The van der Waals surface area contributed by atoms with E-state index in [9.17, 15) is 14.7 Å². The third kappa shape index (κ3) is 12.9. The van der Waals surface area contributed by atoms with Crippen LogP contribution < -0.4 is 11.1 Å². The molecule has 0 saturated carbocycles. The number of esters is 1. The van der Waals surface area contributed by atoms with Gasteiger partial charge in [0.2, 0.25) is 0 Å². The Balaban J connectivity index is 0.000000152. The summed E-state index contributed by atoms with van der Waals surface area (Å²) in [7, 11) is 1.39. The van der Waals surface area contributed by atoms with Crippen molar-refractivity contribution < 1.29 is 24.5 Å². The van der Waals surface area contributed by atoms with Crippen molar-refractivity contribution in [1.29, 1.82) is 0 Å². The van der Waals surface area contributed by atoms with Gasteiger partial charge in [0.15, 0.2) is 0 Å². The molecule has 10 aromatic carbocycles. The number of aliphatic hydroxyl groups excluding tert-OH is 2. The average Bonchev–Trinajstić information content (AvgIpc) is 1.48. The Hall–Kier alpha value is -12.4. The molecule has 15 nitrogen and oxygen atoms in total. The third-order valence-corrected chi connectivity index (χ3v) is 19.0. The highest BCUT2D eigenvalue weighted by molar-refractivity contribution is 6.41. The van der Waals surface area contributed by atoms with Gasteiger partial charge in [-0.15, -0.1) is 0 Å². The van der Waals surface area contributed by atoms with Crippen LogP contribution in [-0.2, 0) is 38.2 Å². The lowest BCUT2D eigenvalue weighted by atomic mass is 9.77. The first-order valence-corrected chi connectivity index (χ1v) is 33.9. The van der Waals surface area contributed by atoms with E-state index >= 15 is 0 Å². The molecule has 6 heterocycles. The molecule has 2 aliphatic rings. The summed E-state index contributed by atoms with van der Waals surface area (Å²) in [6.45, 7) is 3.79. The number of nitrogens with two attached hydrogens (primary N) is 1. The van der Waals surface area contributed by atoms with Gasteiger partial charge < -0.3 is 26.0 Å². The number of hydrogen-bond donors (Lipinski definition) is 4. The molecule has 2 aliphatic heterocycles. The highest BCUT2D eigenvalue weighted by atomic mass is 16.5. The molecule has 0 bridgehead atoms. The van der Waals surface area contributed by atoms with Crippen molar-refractivity contribution >= 4 is 56.5 Å². The SMILES string of the molecule is COC(=O)C1=Nc2cc3c(-c4ccncc4)nn(C(c4ccccc4)(c4ccccc4)c4ccccc4)c3cc2C1.Cc1cccc([C@@H](CO)NC(=O)C2=Nc3cc4c(-c5ccncc5)nn(C(c5ccccc5)(c5ccccc5)c5ccccc5)c4cc3C2)c1.Cc1cccc([C@H](N)CO)c1. The Morgan fingerprint density at radius 2 is 0.824 bits per heavy atom. The van der Waals surface area contributed by atoms with Gasteiger partial charge in [0.05, 0.1) is 54.8 Å². The minimum atomic E-state index is -0.844. The maximum Gasteiger partial charge on any atom is 0.352 e. The van der Waals surface area contributed by atoms with Gasteiger partial charge in [-0.05, 0) is 118 Å². The first-order valence-electron chi connectivity index (χ1n) is 33.9. The van der Waals surface area contributed by atoms with Crippen molar-refractivity contribution in [3.05, 3.63) is 371 Å². The Labute approximate surface area is 591 Å². The number of hydrogen-bond acceptors (Lipinski definition) is 12. The second kappa shape index (κ2) is 29.6. The Morgan fingerprint density at radius 3 is 1.19 bits per heavy atom. The number of carbonyl (C=O) groups is 2. The van der Waals surface area contributed by atoms with E-state index in [0.717, 1.165) is 117 Å². The maximum absolute atomic E-state index is 13.7. The number of aliphatic imine (C=N–C) groups is 2. The predicted octanol–water partition coefficient (Wildman–Crippen LogP) is 15.5. The number of nitrogens with one attached hydrogen (secondary N) is 1. The van der Waals surface area contributed by atoms with Crippen LogP contribution in [0, 0.1) is 13.8 Å². The van der Waals surface area contributed by atoms with E-state index < -0.39 is 23.1 Å². The monoisotopic (exact) mass is 1340 g/mol. The van der Waals surface area contributed by atoms with Crippen molar-refractivity contribution in [3.8, 4) is 22.5 Å². The Morgan fingerprint density at radius 1 is 0.461 bits per heavy atom. The second-order valence-corrected chi connectivity index (χ2v) is 25.4. The minimum Gasteiger partial charge on any atom is -0.465 e. The molecule has 0 aliphatic carbocycles. The topological polar surface area (TPSA) is 208 Å². The molecule has 15 heteroatoms. The van der Waals surface area contributed by atoms with Crippen LogP contribution >= 0.6 is 0 Å². The average molecular weight is 1340 g/mol. The molecular formula is C87H74N10O5. The molecule has 0 radical (unpaired) electrons. The number of pyridine rings is 2. The fraction of sp³-hybridized carbons (Fsp3) is 0.126. The largest absolute Gasteiger partial charge is 0.465 e. The lowest BCUT2D eigenvalue weighted by Crippen LogP contribution is -2.38. The van der Waals surface area contributed by atoms with Gasteiger partial charge >= 0.3 is 5.97 Å². The zero-order valence-corrected chi connectivity index (χ0v) is 56.6. The molecule has 0 spiro atoms. The van der Waals surface area contributed by atoms with Crippen LogP contribution in [0.3, 0.4) is 0 Å². The van der Waals surface area contributed by atoms with E-state index in [1.54, 1.807) is 24.8 Å². The van der Waals surface area contributed by atoms with Gasteiger partial charge in [0.25, 0.3) is 5.91 Å². The summed E-state index contributed by atoms with van der Waals surface area (Å²) in [5.41, 5.74) is 24.0. The number of amides is 1. The van der Waals surface area contributed by atoms with Crippen LogP contribution in [0.1, 0.15) is 78.8 Å². The summed E-state index contributed by atoms with van der Waals surface area (Å²) in [4.78, 5) is 44.1. The number of aryl methyl sites for hydroxylation is 2. The van der Waals surface area contributed by atoms with E-state index in [1.165, 1.54) is 12.7 Å². The van der Waals surface area contributed by atoms with Crippen LogP contribution in [0.2, 0.25) is 0 Å². The lowest BCUT2D eigenvalue weighted by molar-refractivity contribution is -0.132. The normalized spacial score (nSPS) is 12.9. The summed E-state index contributed by atoms with van der Waals surface area (Å²) in [5, 5.41) is 34.7. The highest BCUT2D eigenvalue weighted by Gasteiger charge is 2.43. The van der Waals surface area contributed by atoms with Crippen LogP contribution in [0.25, 0.3) is 44.3 Å². The number of fused-ring (bicyclic) bond motifs is 4. The molecule has 2 atom stereocenters.